The second-order valence-corrected chi connectivity index (χ2v) is 4.11. The Labute approximate surface area is 102 Å². The lowest BCUT2D eigenvalue weighted by atomic mass is 10.2. The van der Waals surface area contributed by atoms with E-state index in [-0.39, 0.29) is 0 Å². The van der Waals surface area contributed by atoms with Gasteiger partial charge in [-0.3, -0.25) is 4.79 Å². The summed E-state index contributed by atoms with van der Waals surface area (Å²) in [6, 6.07) is 11.9. The highest BCUT2D eigenvalue weighted by molar-refractivity contribution is 7.12. The Morgan fingerprint density at radius 3 is 2.47 bits per heavy atom. The molecule has 0 unspecified atom stereocenters. The number of benzene rings is 1. The highest BCUT2D eigenvalue weighted by atomic mass is 32.1. The van der Waals surface area contributed by atoms with Crippen LogP contribution < -0.4 is 5.48 Å². The zero-order valence-corrected chi connectivity index (χ0v) is 9.57. The number of carbonyl (C=O) groups excluding carboxylic acids is 2. The molecule has 0 bridgehead atoms. The summed E-state index contributed by atoms with van der Waals surface area (Å²) in [5.74, 6) is -1.01. The first kappa shape index (κ1) is 11.3. The number of thiophene rings is 1. The number of hydrogen-bond acceptors (Lipinski definition) is 4. The lowest BCUT2D eigenvalue weighted by molar-refractivity contribution is 0.0232. The van der Waals surface area contributed by atoms with Gasteiger partial charge in [0.2, 0.25) is 0 Å². The van der Waals surface area contributed by atoms with E-state index in [9.17, 15) is 9.59 Å². The Morgan fingerprint density at radius 1 is 1.06 bits per heavy atom. The molecule has 1 aromatic carbocycles. The molecule has 0 saturated carbocycles. The third kappa shape index (κ3) is 2.92. The first-order valence-electron chi connectivity index (χ1n) is 4.87. The fraction of sp³-hybridized carbons (Fsp3) is 0. The molecule has 0 radical (unpaired) electrons. The van der Waals surface area contributed by atoms with Gasteiger partial charge in [0.05, 0.1) is 10.4 Å². The van der Waals surface area contributed by atoms with Crippen LogP contribution in [0.1, 0.15) is 20.0 Å². The SMILES string of the molecule is O=C(ONC(=O)c1cccs1)c1ccccc1. The van der Waals surface area contributed by atoms with Crippen molar-refractivity contribution in [2.24, 2.45) is 0 Å². The average Bonchev–Trinajstić information content (AvgIpc) is 2.90. The van der Waals surface area contributed by atoms with Crippen molar-refractivity contribution in [3.05, 3.63) is 58.3 Å². The van der Waals surface area contributed by atoms with E-state index in [1.807, 2.05) is 0 Å². The minimum Gasteiger partial charge on any atom is -0.335 e. The van der Waals surface area contributed by atoms with Gasteiger partial charge in [-0.05, 0) is 23.6 Å². The monoisotopic (exact) mass is 247 g/mol. The van der Waals surface area contributed by atoms with Crippen LogP contribution in [-0.4, -0.2) is 11.9 Å². The van der Waals surface area contributed by atoms with E-state index in [1.165, 1.54) is 11.3 Å². The molecular weight excluding hydrogens is 238 g/mol. The van der Waals surface area contributed by atoms with Gasteiger partial charge in [0.25, 0.3) is 5.91 Å². The molecule has 86 valence electrons. The van der Waals surface area contributed by atoms with Gasteiger partial charge in [0.15, 0.2) is 0 Å². The second kappa shape index (κ2) is 5.27. The predicted octanol–water partition coefficient (Wildman–Crippen LogP) is 2.25. The van der Waals surface area contributed by atoms with Gasteiger partial charge in [-0.15, -0.1) is 11.3 Å². The summed E-state index contributed by atoms with van der Waals surface area (Å²) in [5.41, 5.74) is 2.49. The lowest BCUT2D eigenvalue weighted by Crippen LogP contribution is -2.26. The maximum absolute atomic E-state index is 11.5. The van der Waals surface area contributed by atoms with Crippen LogP contribution in [0.4, 0.5) is 0 Å². The summed E-state index contributed by atoms with van der Waals surface area (Å²) >= 11 is 1.28. The fourth-order valence-corrected chi connectivity index (χ4v) is 1.79. The Hall–Kier alpha value is -2.14. The molecule has 4 nitrogen and oxygen atoms in total. The number of rotatable bonds is 2. The molecular formula is C12H9NO3S. The topological polar surface area (TPSA) is 55.4 Å². The summed E-state index contributed by atoms with van der Waals surface area (Å²) in [6.07, 6.45) is 0. The van der Waals surface area contributed by atoms with Crippen LogP contribution in [-0.2, 0) is 4.84 Å². The van der Waals surface area contributed by atoms with Crippen molar-refractivity contribution >= 4 is 23.2 Å². The van der Waals surface area contributed by atoms with E-state index in [2.05, 4.69) is 10.3 Å². The minimum atomic E-state index is -0.587. The van der Waals surface area contributed by atoms with Crippen LogP contribution in [0.15, 0.2) is 47.8 Å². The van der Waals surface area contributed by atoms with Gasteiger partial charge >= 0.3 is 5.97 Å². The molecule has 0 aliphatic rings. The van der Waals surface area contributed by atoms with E-state index >= 15 is 0 Å². The Balaban J connectivity index is 1.91. The Kier molecular flexibility index (Phi) is 3.52. The molecule has 2 aromatic rings. The molecule has 2 rings (SSSR count). The van der Waals surface area contributed by atoms with E-state index in [1.54, 1.807) is 47.8 Å². The Morgan fingerprint density at radius 2 is 1.82 bits per heavy atom. The van der Waals surface area contributed by atoms with Crippen LogP contribution in [0.3, 0.4) is 0 Å². The molecule has 0 atom stereocenters. The summed E-state index contributed by atoms with van der Waals surface area (Å²) in [7, 11) is 0. The van der Waals surface area contributed by atoms with Crippen LogP contribution in [0.2, 0.25) is 0 Å². The number of carbonyl (C=O) groups is 2. The van der Waals surface area contributed by atoms with Crippen molar-refractivity contribution in [3.8, 4) is 0 Å². The summed E-state index contributed by atoms with van der Waals surface area (Å²) in [5, 5.41) is 1.77. The second-order valence-electron chi connectivity index (χ2n) is 3.16. The van der Waals surface area contributed by atoms with Crippen molar-refractivity contribution in [1.82, 2.24) is 5.48 Å². The molecule has 0 spiro atoms. The molecule has 1 N–H and O–H groups in total. The quantitative estimate of drug-likeness (QED) is 0.828. The first-order valence-corrected chi connectivity index (χ1v) is 5.75. The summed E-state index contributed by atoms with van der Waals surface area (Å²) < 4.78 is 0. The van der Waals surface area contributed by atoms with E-state index < -0.39 is 11.9 Å². The highest BCUT2D eigenvalue weighted by Gasteiger charge is 2.10. The molecule has 0 fully saturated rings. The van der Waals surface area contributed by atoms with Gasteiger partial charge in [0.1, 0.15) is 0 Å². The molecule has 0 aliphatic carbocycles. The molecule has 0 aliphatic heterocycles. The van der Waals surface area contributed by atoms with Crippen molar-refractivity contribution in [2.45, 2.75) is 0 Å². The third-order valence-electron chi connectivity index (χ3n) is 1.99. The fourth-order valence-electron chi connectivity index (χ4n) is 1.18. The normalized spacial score (nSPS) is 9.65. The number of nitrogens with one attached hydrogen (secondary N) is 1. The van der Waals surface area contributed by atoms with Gasteiger partial charge in [-0.2, -0.15) is 5.48 Å². The lowest BCUT2D eigenvalue weighted by Gasteiger charge is -2.03. The molecule has 1 heterocycles. The molecule has 0 saturated heterocycles. The number of amides is 1. The van der Waals surface area contributed by atoms with Gasteiger partial charge < -0.3 is 4.84 Å². The van der Waals surface area contributed by atoms with Crippen LogP contribution in [0.5, 0.6) is 0 Å². The standard InChI is InChI=1S/C12H9NO3S/c14-11(10-7-4-8-17-10)13-16-12(15)9-5-2-1-3-6-9/h1-8H,(H,13,14). The van der Waals surface area contributed by atoms with E-state index in [0.717, 1.165) is 0 Å². The van der Waals surface area contributed by atoms with Crippen LogP contribution in [0, 0.1) is 0 Å². The van der Waals surface area contributed by atoms with Crippen molar-refractivity contribution in [3.63, 3.8) is 0 Å². The van der Waals surface area contributed by atoms with E-state index in [0.29, 0.717) is 10.4 Å². The van der Waals surface area contributed by atoms with Crippen molar-refractivity contribution < 1.29 is 14.4 Å². The van der Waals surface area contributed by atoms with Gasteiger partial charge in [-0.25, -0.2) is 4.79 Å². The summed E-state index contributed by atoms with van der Waals surface area (Å²) in [4.78, 5) is 28.1. The van der Waals surface area contributed by atoms with Crippen molar-refractivity contribution in [2.75, 3.05) is 0 Å². The molecule has 17 heavy (non-hydrogen) atoms. The maximum atomic E-state index is 11.5. The molecule has 1 amide bonds. The molecule has 5 heteroatoms. The zero-order valence-electron chi connectivity index (χ0n) is 8.75. The largest absolute Gasteiger partial charge is 0.362 e. The maximum Gasteiger partial charge on any atom is 0.362 e. The first-order chi connectivity index (χ1) is 8.27. The highest BCUT2D eigenvalue weighted by Crippen LogP contribution is 2.08. The smallest absolute Gasteiger partial charge is 0.335 e. The van der Waals surface area contributed by atoms with E-state index in [4.69, 9.17) is 0 Å². The molecule has 1 aromatic heterocycles. The van der Waals surface area contributed by atoms with Crippen molar-refractivity contribution in [1.29, 1.82) is 0 Å². The average molecular weight is 247 g/mol. The minimum absolute atomic E-state index is 0.388. The Bertz CT molecular complexity index is 508. The van der Waals surface area contributed by atoms with Gasteiger partial charge in [0, 0.05) is 0 Å². The van der Waals surface area contributed by atoms with Crippen LogP contribution >= 0.6 is 11.3 Å². The third-order valence-corrected chi connectivity index (χ3v) is 2.86. The number of hydroxylamine groups is 1. The van der Waals surface area contributed by atoms with Gasteiger partial charge in [-0.1, -0.05) is 24.3 Å². The predicted molar refractivity (Wildman–Crippen MR) is 63.6 cm³/mol. The number of hydrogen-bond donors (Lipinski definition) is 1. The zero-order chi connectivity index (χ0) is 12.1. The van der Waals surface area contributed by atoms with Crippen LogP contribution in [0.25, 0.3) is 0 Å². The summed E-state index contributed by atoms with van der Waals surface area (Å²) in [6.45, 7) is 0.